The molecule has 0 radical (unpaired) electrons. The molecule has 0 bridgehead atoms. The Morgan fingerprint density at radius 1 is 1.10 bits per heavy atom. The predicted molar refractivity (Wildman–Crippen MR) is 138 cm³/mol. The van der Waals surface area contributed by atoms with E-state index in [1.807, 2.05) is 0 Å². The van der Waals surface area contributed by atoms with Gasteiger partial charge in [-0.05, 0) is 52.4 Å². The molecule has 214 valence electrons. The van der Waals surface area contributed by atoms with Crippen molar-refractivity contribution in [1.82, 2.24) is 31.3 Å². The SMILES string of the molecule is Cc1cc(C(=O)N[C@H](C(=O)N2CCC[C@H]2C(=O)N[C@@H](C[C@@H]2CCNC2=O)C(=O)C(=O)NC(C)C)C(C)C)no1. The van der Waals surface area contributed by atoms with Crippen molar-refractivity contribution < 1.29 is 33.3 Å². The van der Waals surface area contributed by atoms with E-state index in [0.29, 0.717) is 31.6 Å². The molecule has 3 heterocycles. The van der Waals surface area contributed by atoms with Crippen LogP contribution in [0.15, 0.2) is 10.6 Å². The maximum atomic E-state index is 13.5. The highest BCUT2D eigenvalue weighted by molar-refractivity contribution is 6.38. The van der Waals surface area contributed by atoms with Crippen LogP contribution < -0.4 is 21.3 Å². The molecule has 39 heavy (non-hydrogen) atoms. The number of ketones is 1. The van der Waals surface area contributed by atoms with E-state index in [4.69, 9.17) is 4.52 Å². The lowest BCUT2D eigenvalue weighted by Crippen LogP contribution is -2.57. The smallest absolute Gasteiger partial charge is 0.289 e. The van der Waals surface area contributed by atoms with Gasteiger partial charge in [0, 0.05) is 31.1 Å². The second kappa shape index (κ2) is 12.9. The number of aryl methyl sites for hydroxylation is 1. The van der Waals surface area contributed by atoms with Gasteiger partial charge in [0.25, 0.3) is 11.8 Å². The maximum absolute atomic E-state index is 13.5. The van der Waals surface area contributed by atoms with Crippen LogP contribution in [0.2, 0.25) is 0 Å². The zero-order chi connectivity index (χ0) is 28.9. The van der Waals surface area contributed by atoms with Gasteiger partial charge in [-0.15, -0.1) is 0 Å². The van der Waals surface area contributed by atoms with Crippen molar-refractivity contribution in [2.75, 3.05) is 13.1 Å². The Hall–Kier alpha value is -3.77. The van der Waals surface area contributed by atoms with Gasteiger partial charge >= 0.3 is 0 Å². The summed E-state index contributed by atoms with van der Waals surface area (Å²) in [6.45, 7) is 9.35. The van der Waals surface area contributed by atoms with Crippen LogP contribution in [0.3, 0.4) is 0 Å². The number of hydrogen-bond donors (Lipinski definition) is 4. The first-order valence-corrected chi connectivity index (χ1v) is 13.4. The van der Waals surface area contributed by atoms with Crippen LogP contribution in [0.1, 0.15) is 69.6 Å². The summed E-state index contributed by atoms with van der Waals surface area (Å²) in [6.07, 6.45) is 1.36. The molecule has 2 aliphatic rings. The molecule has 0 unspecified atom stereocenters. The van der Waals surface area contributed by atoms with Crippen molar-refractivity contribution in [3.05, 3.63) is 17.5 Å². The average molecular weight is 547 g/mol. The highest BCUT2D eigenvalue weighted by Crippen LogP contribution is 2.22. The molecule has 4 atom stereocenters. The molecule has 5 amide bonds. The molecule has 4 N–H and O–H groups in total. The monoisotopic (exact) mass is 546 g/mol. The van der Waals surface area contributed by atoms with Gasteiger partial charge in [0.2, 0.25) is 23.5 Å². The normalized spacial score (nSPS) is 20.5. The number of carbonyl (C=O) groups excluding carboxylic acids is 6. The summed E-state index contributed by atoms with van der Waals surface area (Å²) < 4.78 is 4.94. The summed E-state index contributed by atoms with van der Waals surface area (Å²) in [5, 5.41) is 14.3. The van der Waals surface area contributed by atoms with Gasteiger partial charge in [0.05, 0.1) is 6.04 Å². The number of likely N-dealkylation sites (tertiary alicyclic amines) is 1. The third-order valence-electron chi connectivity index (χ3n) is 6.88. The van der Waals surface area contributed by atoms with Gasteiger partial charge in [-0.1, -0.05) is 19.0 Å². The van der Waals surface area contributed by atoms with Crippen LogP contribution in [-0.4, -0.2) is 82.6 Å². The molecule has 0 aromatic carbocycles. The molecule has 2 fully saturated rings. The number of nitrogens with zero attached hydrogens (tertiary/aromatic N) is 2. The molecular formula is C26H38N6O7. The Morgan fingerprint density at radius 2 is 1.82 bits per heavy atom. The fourth-order valence-corrected chi connectivity index (χ4v) is 4.83. The molecule has 3 rings (SSSR count). The fourth-order valence-electron chi connectivity index (χ4n) is 4.83. The van der Waals surface area contributed by atoms with Crippen molar-refractivity contribution in [3.8, 4) is 0 Å². The molecule has 0 spiro atoms. The van der Waals surface area contributed by atoms with E-state index in [9.17, 15) is 28.8 Å². The molecule has 13 nitrogen and oxygen atoms in total. The van der Waals surface area contributed by atoms with Crippen molar-refractivity contribution in [1.29, 1.82) is 0 Å². The molecule has 1 aromatic heterocycles. The minimum atomic E-state index is -1.22. The summed E-state index contributed by atoms with van der Waals surface area (Å²) in [4.78, 5) is 78.7. The molecule has 1 aromatic rings. The van der Waals surface area contributed by atoms with Gasteiger partial charge in [0.1, 0.15) is 17.8 Å². The number of nitrogens with one attached hydrogen (secondary N) is 4. The average Bonchev–Trinajstić information content (AvgIpc) is 3.62. The van der Waals surface area contributed by atoms with Gasteiger partial charge in [-0.25, -0.2) is 0 Å². The Morgan fingerprint density at radius 3 is 2.38 bits per heavy atom. The topological polar surface area (TPSA) is 180 Å². The summed E-state index contributed by atoms with van der Waals surface area (Å²) in [5.74, 6) is -3.89. The lowest BCUT2D eigenvalue weighted by Gasteiger charge is -2.31. The van der Waals surface area contributed by atoms with Gasteiger partial charge in [-0.2, -0.15) is 0 Å². The van der Waals surface area contributed by atoms with Crippen LogP contribution in [0.25, 0.3) is 0 Å². The minimum Gasteiger partial charge on any atom is -0.361 e. The minimum absolute atomic E-state index is 0.0234. The molecule has 13 heteroatoms. The van der Waals surface area contributed by atoms with Crippen LogP contribution in [0, 0.1) is 18.8 Å². The highest BCUT2D eigenvalue weighted by atomic mass is 16.5. The summed E-state index contributed by atoms with van der Waals surface area (Å²) >= 11 is 0. The molecule has 0 saturated carbocycles. The first-order chi connectivity index (χ1) is 18.4. The molecule has 2 aliphatic heterocycles. The van der Waals surface area contributed by atoms with Crippen molar-refractivity contribution in [3.63, 3.8) is 0 Å². The first-order valence-electron chi connectivity index (χ1n) is 13.4. The van der Waals surface area contributed by atoms with Gasteiger partial charge in [-0.3, -0.25) is 28.8 Å². The van der Waals surface area contributed by atoms with Crippen molar-refractivity contribution >= 4 is 35.3 Å². The Kier molecular flexibility index (Phi) is 9.81. The van der Waals surface area contributed by atoms with E-state index in [0.717, 1.165) is 0 Å². The van der Waals surface area contributed by atoms with Crippen LogP contribution in [-0.2, 0) is 24.0 Å². The fraction of sp³-hybridized carbons (Fsp3) is 0.654. The van der Waals surface area contributed by atoms with Crippen LogP contribution in [0.4, 0.5) is 0 Å². The number of hydrogen-bond acceptors (Lipinski definition) is 8. The highest BCUT2D eigenvalue weighted by Gasteiger charge is 2.41. The number of rotatable bonds is 11. The second-order valence-electron chi connectivity index (χ2n) is 10.8. The molecule has 2 saturated heterocycles. The lowest BCUT2D eigenvalue weighted by atomic mass is 9.95. The third-order valence-corrected chi connectivity index (χ3v) is 6.88. The summed E-state index contributed by atoms with van der Waals surface area (Å²) in [6, 6.07) is -1.88. The number of amides is 5. The standard InChI is InChI=1S/C26H38N6O7/c1-13(2)20(30-23(35)18-11-15(5)39-31-18)26(38)32-10-6-7-19(32)24(36)29-17(12-16-8-9-27-22(16)34)21(33)25(37)28-14(3)4/h11,13-14,16-17,19-20H,6-10,12H2,1-5H3,(H,27,34)(H,28,37)(H,29,36)(H,30,35)/t16-,17-,19-,20-/m0/s1. The maximum Gasteiger partial charge on any atom is 0.289 e. The van der Waals surface area contributed by atoms with E-state index in [2.05, 4.69) is 26.4 Å². The number of carbonyl (C=O) groups is 6. The number of aromatic nitrogens is 1. The number of Topliss-reactive ketones (excluding diaryl/α,β-unsaturated/α-hetero) is 1. The summed E-state index contributed by atoms with van der Waals surface area (Å²) in [7, 11) is 0. The van der Waals surface area contributed by atoms with E-state index >= 15 is 0 Å². The lowest BCUT2D eigenvalue weighted by molar-refractivity contribution is -0.143. The van der Waals surface area contributed by atoms with Gasteiger partial charge in [0.15, 0.2) is 5.69 Å². The van der Waals surface area contributed by atoms with Crippen LogP contribution >= 0.6 is 0 Å². The van der Waals surface area contributed by atoms with Crippen LogP contribution in [0.5, 0.6) is 0 Å². The molecule has 0 aliphatic carbocycles. The third kappa shape index (κ3) is 7.42. The Bertz CT molecular complexity index is 1110. The quantitative estimate of drug-likeness (QED) is 0.276. The van der Waals surface area contributed by atoms with E-state index in [1.165, 1.54) is 11.0 Å². The molecular weight excluding hydrogens is 508 g/mol. The zero-order valence-electron chi connectivity index (χ0n) is 23.0. The van der Waals surface area contributed by atoms with E-state index in [-0.39, 0.29) is 36.5 Å². The first kappa shape index (κ1) is 29.8. The Labute approximate surface area is 227 Å². The largest absolute Gasteiger partial charge is 0.361 e. The van der Waals surface area contributed by atoms with Gasteiger partial charge < -0.3 is 30.7 Å². The Balaban J connectivity index is 1.74. The van der Waals surface area contributed by atoms with Crippen molar-refractivity contribution in [2.24, 2.45) is 11.8 Å². The second-order valence-corrected chi connectivity index (χ2v) is 10.8. The zero-order valence-corrected chi connectivity index (χ0v) is 23.0. The summed E-state index contributed by atoms with van der Waals surface area (Å²) in [5.41, 5.74) is 0.0404. The predicted octanol–water partition coefficient (Wildman–Crippen LogP) is -0.167. The van der Waals surface area contributed by atoms with Crippen molar-refractivity contribution in [2.45, 2.75) is 84.5 Å². The van der Waals surface area contributed by atoms with E-state index in [1.54, 1.807) is 34.6 Å². The van der Waals surface area contributed by atoms with E-state index < -0.39 is 53.5 Å².